The summed E-state index contributed by atoms with van der Waals surface area (Å²) in [6.45, 7) is 5.41. The Morgan fingerprint density at radius 3 is 2.59 bits per heavy atom. The summed E-state index contributed by atoms with van der Waals surface area (Å²) in [5.74, 6) is 0.179. The highest BCUT2D eigenvalue weighted by Gasteiger charge is 2.27. The van der Waals surface area contributed by atoms with Gasteiger partial charge in [0.15, 0.2) is 11.5 Å². The highest BCUT2D eigenvalue weighted by atomic mass is 19.1. The summed E-state index contributed by atoms with van der Waals surface area (Å²) in [7, 11) is 2.13. The molecule has 2 aliphatic rings. The van der Waals surface area contributed by atoms with Gasteiger partial charge in [-0.1, -0.05) is 12.1 Å². The molecule has 1 saturated heterocycles. The van der Waals surface area contributed by atoms with Crippen LogP contribution in [0.3, 0.4) is 0 Å². The lowest BCUT2D eigenvalue weighted by molar-refractivity contribution is 0.0442. The number of benzene rings is 1. The Balaban J connectivity index is 1.38. The van der Waals surface area contributed by atoms with Crippen molar-refractivity contribution in [3.8, 4) is 5.82 Å². The molecule has 39 heavy (non-hydrogen) atoms. The monoisotopic (exact) mass is 530 g/mol. The van der Waals surface area contributed by atoms with Gasteiger partial charge in [0.05, 0.1) is 12.2 Å². The number of aliphatic hydroxyl groups is 1. The van der Waals surface area contributed by atoms with Gasteiger partial charge in [-0.05, 0) is 63.2 Å². The average Bonchev–Trinajstić information content (AvgIpc) is 3.19. The molecule has 0 spiro atoms. The molecular weight excluding hydrogens is 499 g/mol. The zero-order chi connectivity index (χ0) is 27.1. The Hall–Kier alpha value is -4.09. The van der Waals surface area contributed by atoms with Crippen LogP contribution >= 0.6 is 0 Å². The first kappa shape index (κ1) is 25.2. The Morgan fingerprint density at radius 1 is 1.05 bits per heavy atom. The Labute approximate surface area is 225 Å². The molecule has 0 aliphatic carbocycles. The molecule has 1 fully saturated rings. The number of piperazine rings is 1. The molecule has 2 bridgehead atoms. The molecule has 6 rings (SSSR count). The number of pyridine rings is 1. The van der Waals surface area contributed by atoms with Crippen LogP contribution in [0.4, 0.5) is 21.7 Å². The number of allylic oxidation sites excluding steroid dienone is 2. The van der Waals surface area contributed by atoms with Crippen LogP contribution in [0.5, 0.6) is 0 Å². The van der Waals surface area contributed by atoms with Crippen LogP contribution in [0.25, 0.3) is 16.9 Å². The van der Waals surface area contributed by atoms with Crippen molar-refractivity contribution in [1.82, 2.24) is 29.2 Å². The van der Waals surface area contributed by atoms with Crippen LogP contribution in [-0.4, -0.2) is 67.5 Å². The maximum absolute atomic E-state index is 14.9. The zero-order valence-corrected chi connectivity index (χ0v) is 22.0. The molecule has 0 radical (unpaired) electrons. The molecule has 2 N–H and O–H groups in total. The highest BCUT2D eigenvalue weighted by molar-refractivity contribution is 5.77. The van der Waals surface area contributed by atoms with Gasteiger partial charge in [-0.2, -0.15) is 4.98 Å². The summed E-state index contributed by atoms with van der Waals surface area (Å²) in [6, 6.07) is 13.3. The number of halogens is 1. The number of nitrogens with zero attached hydrogens (tertiary/aromatic N) is 7. The van der Waals surface area contributed by atoms with Gasteiger partial charge < -0.3 is 20.2 Å². The van der Waals surface area contributed by atoms with E-state index in [9.17, 15) is 14.3 Å². The smallest absolute Gasteiger partial charge is 0.278 e. The van der Waals surface area contributed by atoms with Crippen molar-refractivity contribution in [1.29, 1.82) is 0 Å². The summed E-state index contributed by atoms with van der Waals surface area (Å²) in [6.07, 6.45) is 3.46. The third-order valence-electron chi connectivity index (χ3n) is 7.47. The van der Waals surface area contributed by atoms with Gasteiger partial charge in [-0.15, -0.1) is 0 Å². The molecule has 202 valence electrons. The minimum Gasteiger partial charge on any atom is -0.384 e. The van der Waals surface area contributed by atoms with Crippen molar-refractivity contribution in [3.05, 3.63) is 76.6 Å². The number of aromatic nitrogens is 5. The number of fused-ring (bicyclic) bond motifs is 6. The topological polar surface area (TPSA) is 104 Å². The lowest BCUT2D eigenvalue weighted by Crippen LogP contribution is -2.44. The van der Waals surface area contributed by atoms with Gasteiger partial charge in [0.1, 0.15) is 16.8 Å². The Bertz CT molecular complexity index is 1600. The molecule has 2 aliphatic heterocycles. The van der Waals surface area contributed by atoms with Gasteiger partial charge in [0, 0.05) is 43.8 Å². The third kappa shape index (κ3) is 4.90. The van der Waals surface area contributed by atoms with E-state index in [-0.39, 0.29) is 11.9 Å². The second-order valence-corrected chi connectivity index (χ2v) is 10.4. The van der Waals surface area contributed by atoms with Crippen molar-refractivity contribution in [3.63, 3.8) is 0 Å². The van der Waals surface area contributed by atoms with Crippen molar-refractivity contribution in [2.45, 2.75) is 31.9 Å². The lowest BCUT2D eigenvalue weighted by Gasteiger charge is -2.34. The molecule has 0 saturated carbocycles. The van der Waals surface area contributed by atoms with Gasteiger partial charge in [0.25, 0.3) is 5.56 Å². The minimum atomic E-state index is -1.26. The summed E-state index contributed by atoms with van der Waals surface area (Å²) < 4.78 is 17.7. The van der Waals surface area contributed by atoms with Crippen molar-refractivity contribution in [2.24, 2.45) is 0 Å². The SMILES string of the molecule is CN1CCN(c2ccc(Nc3ncc4c(=O)n5n(c4n3)-c3cccc(n3)[C@@](C)(O)CC/C=C(\F)C5)cc2)CC1. The molecule has 1 atom stereocenters. The second-order valence-electron chi connectivity index (χ2n) is 10.4. The zero-order valence-electron chi connectivity index (χ0n) is 22.0. The molecule has 0 amide bonds. The van der Waals surface area contributed by atoms with Gasteiger partial charge >= 0.3 is 0 Å². The van der Waals surface area contributed by atoms with Crippen LogP contribution in [0.1, 0.15) is 25.5 Å². The van der Waals surface area contributed by atoms with Crippen LogP contribution < -0.4 is 15.8 Å². The van der Waals surface area contributed by atoms with Crippen LogP contribution in [0.2, 0.25) is 0 Å². The van der Waals surface area contributed by atoms with E-state index in [0.717, 1.165) is 37.6 Å². The predicted molar refractivity (Wildman–Crippen MR) is 148 cm³/mol. The fourth-order valence-corrected chi connectivity index (χ4v) is 5.10. The molecule has 4 aromatic rings. The average molecular weight is 531 g/mol. The van der Waals surface area contributed by atoms with E-state index in [4.69, 9.17) is 0 Å². The number of nitrogens with one attached hydrogen (secondary N) is 1. The van der Waals surface area contributed by atoms with Crippen molar-refractivity contribution in [2.75, 3.05) is 43.4 Å². The van der Waals surface area contributed by atoms with E-state index < -0.39 is 17.0 Å². The summed E-state index contributed by atoms with van der Waals surface area (Å²) in [4.78, 5) is 31.7. The maximum atomic E-state index is 14.9. The van der Waals surface area contributed by atoms with E-state index in [1.54, 1.807) is 25.1 Å². The Morgan fingerprint density at radius 2 is 1.82 bits per heavy atom. The molecule has 10 nitrogen and oxygen atoms in total. The van der Waals surface area contributed by atoms with E-state index >= 15 is 0 Å². The van der Waals surface area contributed by atoms with Gasteiger partial charge in [-0.3, -0.25) is 4.79 Å². The first-order valence-electron chi connectivity index (χ1n) is 13.1. The fraction of sp³-hybridized carbons (Fsp3) is 0.357. The summed E-state index contributed by atoms with van der Waals surface area (Å²) >= 11 is 0. The molecule has 1 aromatic carbocycles. The fourth-order valence-electron chi connectivity index (χ4n) is 5.10. The first-order chi connectivity index (χ1) is 18.8. The normalized spacial score (nSPS) is 21.6. The van der Waals surface area contributed by atoms with Crippen LogP contribution in [-0.2, 0) is 12.1 Å². The first-order valence-corrected chi connectivity index (χ1v) is 13.1. The van der Waals surface area contributed by atoms with E-state index in [1.165, 1.54) is 21.6 Å². The number of anilines is 3. The number of rotatable bonds is 3. The van der Waals surface area contributed by atoms with Crippen LogP contribution in [0.15, 0.2) is 65.4 Å². The molecular formula is C28H31FN8O2. The molecule has 11 heteroatoms. The summed E-state index contributed by atoms with van der Waals surface area (Å²) in [5.41, 5.74) is 1.01. The third-order valence-corrected chi connectivity index (χ3v) is 7.47. The standard InChI is InChI=1S/C28H31FN8O2/c1-28(39)12-4-5-19(29)18-36-26(38)22-17-30-27(33-25(22)37(36)24-7-3-6-23(28)32-24)31-20-8-10-21(11-9-20)35-15-13-34(2)14-16-35/h3,5-11,17,39H,4,12-16,18H2,1-2H3,(H,30,31,33)/b19-5-/t28-/m0/s1. The van der Waals surface area contributed by atoms with Crippen molar-refractivity contribution >= 4 is 28.4 Å². The van der Waals surface area contributed by atoms with E-state index in [0.29, 0.717) is 35.9 Å². The highest BCUT2D eigenvalue weighted by Crippen LogP contribution is 2.28. The van der Waals surface area contributed by atoms with E-state index in [1.807, 2.05) is 12.1 Å². The predicted octanol–water partition coefficient (Wildman–Crippen LogP) is 3.33. The lowest BCUT2D eigenvalue weighted by atomic mass is 9.95. The van der Waals surface area contributed by atoms with Gasteiger partial charge in [0.2, 0.25) is 5.95 Å². The largest absolute Gasteiger partial charge is 0.384 e. The number of likely N-dealkylation sites (N-methyl/N-ethyl adjacent to an activating group) is 1. The minimum absolute atomic E-state index is 0.245. The molecule has 5 heterocycles. The van der Waals surface area contributed by atoms with Crippen LogP contribution in [0, 0.1) is 0 Å². The number of hydrogen-bond acceptors (Lipinski definition) is 8. The quantitative estimate of drug-likeness (QED) is 0.416. The molecule has 3 aromatic heterocycles. The van der Waals surface area contributed by atoms with Gasteiger partial charge in [-0.25, -0.2) is 23.7 Å². The Kier molecular flexibility index (Phi) is 6.40. The van der Waals surface area contributed by atoms with Crippen molar-refractivity contribution < 1.29 is 9.50 Å². The number of hydrogen-bond donors (Lipinski definition) is 2. The second kappa shape index (κ2) is 9.90. The van der Waals surface area contributed by atoms with E-state index in [2.05, 4.69) is 49.2 Å². The summed E-state index contributed by atoms with van der Waals surface area (Å²) in [5, 5.41) is 14.5. The maximum Gasteiger partial charge on any atom is 0.278 e. The molecule has 0 unspecified atom stereocenters.